The standard InChI is InChI=1S/C9H17NO2/c1-5-4-10-8(9(11)12)7(3)6(5)2/h5-8,10H,4H2,1-3H3,(H,11,12). The summed E-state index contributed by atoms with van der Waals surface area (Å²) in [4.78, 5) is 10.8. The predicted octanol–water partition coefficient (Wildman–Crippen LogP) is 0.951. The number of piperidine rings is 1. The van der Waals surface area contributed by atoms with Crippen LogP contribution in [0.15, 0.2) is 0 Å². The van der Waals surface area contributed by atoms with Crippen LogP contribution in [0.4, 0.5) is 0 Å². The maximum absolute atomic E-state index is 10.8. The Labute approximate surface area is 73.2 Å². The van der Waals surface area contributed by atoms with Crippen LogP contribution in [0.25, 0.3) is 0 Å². The Balaban J connectivity index is 2.65. The minimum absolute atomic E-state index is 0.228. The zero-order valence-corrected chi connectivity index (χ0v) is 7.87. The lowest BCUT2D eigenvalue weighted by molar-refractivity contribution is -0.142. The number of aliphatic carboxylic acids is 1. The molecule has 3 nitrogen and oxygen atoms in total. The Morgan fingerprint density at radius 3 is 2.42 bits per heavy atom. The van der Waals surface area contributed by atoms with E-state index in [4.69, 9.17) is 5.11 Å². The molecule has 0 aromatic rings. The number of hydrogen-bond acceptors (Lipinski definition) is 2. The first kappa shape index (κ1) is 9.52. The highest BCUT2D eigenvalue weighted by molar-refractivity contribution is 5.74. The number of nitrogens with one attached hydrogen (secondary N) is 1. The van der Waals surface area contributed by atoms with Gasteiger partial charge in [-0.1, -0.05) is 20.8 Å². The molecule has 4 atom stereocenters. The second-order valence-electron chi connectivity index (χ2n) is 3.92. The van der Waals surface area contributed by atoms with Gasteiger partial charge in [0.15, 0.2) is 0 Å². The van der Waals surface area contributed by atoms with Gasteiger partial charge in [-0.05, 0) is 24.3 Å². The molecule has 12 heavy (non-hydrogen) atoms. The molecule has 1 rings (SSSR count). The molecule has 1 aliphatic rings. The van der Waals surface area contributed by atoms with E-state index in [1.807, 2.05) is 6.92 Å². The van der Waals surface area contributed by atoms with Crippen molar-refractivity contribution in [2.75, 3.05) is 6.54 Å². The van der Waals surface area contributed by atoms with Gasteiger partial charge in [-0.3, -0.25) is 4.79 Å². The number of carboxylic acids is 1. The lowest BCUT2D eigenvalue weighted by atomic mass is 9.77. The van der Waals surface area contributed by atoms with Gasteiger partial charge in [0.25, 0.3) is 0 Å². The zero-order valence-electron chi connectivity index (χ0n) is 7.87. The third-order valence-corrected chi connectivity index (χ3v) is 3.18. The van der Waals surface area contributed by atoms with Gasteiger partial charge in [-0.25, -0.2) is 0 Å². The minimum Gasteiger partial charge on any atom is -0.480 e. The number of carboxylic acid groups (broad SMARTS) is 1. The molecule has 1 saturated heterocycles. The third-order valence-electron chi connectivity index (χ3n) is 3.18. The maximum Gasteiger partial charge on any atom is 0.320 e. The highest BCUT2D eigenvalue weighted by Crippen LogP contribution is 2.27. The van der Waals surface area contributed by atoms with E-state index in [9.17, 15) is 4.79 Å². The summed E-state index contributed by atoms with van der Waals surface area (Å²) < 4.78 is 0. The lowest BCUT2D eigenvalue weighted by Gasteiger charge is -2.37. The number of rotatable bonds is 1. The second-order valence-corrected chi connectivity index (χ2v) is 3.92. The van der Waals surface area contributed by atoms with Crippen LogP contribution in [0.3, 0.4) is 0 Å². The molecule has 0 bridgehead atoms. The van der Waals surface area contributed by atoms with Crippen LogP contribution >= 0.6 is 0 Å². The molecule has 1 fully saturated rings. The Morgan fingerprint density at radius 1 is 1.33 bits per heavy atom. The zero-order chi connectivity index (χ0) is 9.30. The van der Waals surface area contributed by atoms with Crippen molar-refractivity contribution >= 4 is 5.97 Å². The Hall–Kier alpha value is -0.570. The van der Waals surface area contributed by atoms with Crippen LogP contribution in [-0.4, -0.2) is 23.7 Å². The molecule has 0 aliphatic carbocycles. The van der Waals surface area contributed by atoms with Gasteiger partial charge in [0, 0.05) is 0 Å². The highest BCUT2D eigenvalue weighted by atomic mass is 16.4. The first-order valence-corrected chi connectivity index (χ1v) is 4.50. The molecule has 2 N–H and O–H groups in total. The summed E-state index contributed by atoms with van der Waals surface area (Å²) in [5.74, 6) is 0.579. The van der Waals surface area contributed by atoms with E-state index in [1.165, 1.54) is 0 Å². The summed E-state index contributed by atoms with van der Waals surface area (Å²) in [6.07, 6.45) is 0. The first-order valence-electron chi connectivity index (χ1n) is 4.50. The predicted molar refractivity (Wildman–Crippen MR) is 46.9 cm³/mol. The fourth-order valence-corrected chi connectivity index (χ4v) is 1.82. The summed E-state index contributed by atoms with van der Waals surface area (Å²) in [6, 6.07) is -0.351. The molecule has 1 heterocycles. The molecule has 0 radical (unpaired) electrons. The maximum atomic E-state index is 10.8. The van der Waals surface area contributed by atoms with Crippen molar-refractivity contribution in [3.63, 3.8) is 0 Å². The van der Waals surface area contributed by atoms with Crippen LogP contribution in [0.2, 0.25) is 0 Å². The van der Waals surface area contributed by atoms with Gasteiger partial charge in [-0.2, -0.15) is 0 Å². The molecule has 0 aromatic carbocycles. The monoisotopic (exact) mass is 171 g/mol. The molecular formula is C9H17NO2. The Kier molecular flexibility index (Phi) is 2.73. The normalized spacial score (nSPS) is 42.6. The number of carbonyl (C=O) groups is 1. The van der Waals surface area contributed by atoms with Gasteiger partial charge in [0.1, 0.15) is 6.04 Å². The average molecular weight is 171 g/mol. The van der Waals surface area contributed by atoms with Crippen molar-refractivity contribution in [3.8, 4) is 0 Å². The minimum atomic E-state index is -0.721. The van der Waals surface area contributed by atoms with Gasteiger partial charge >= 0.3 is 5.97 Å². The van der Waals surface area contributed by atoms with E-state index in [0.717, 1.165) is 6.54 Å². The van der Waals surface area contributed by atoms with E-state index >= 15 is 0 Å². The molecule has 4 unspecified atom stereocenters. The van der Waals surface area contributed by atoms with Crippen LogP contribution < -0.4 is 5.32 Å². The van der Waals surface area contributed by atoms with E-state index in [2.05, 4.69) is 19.2 Å². The van der Waals surface area contributed by atoms with Crippen molar-refractivity contribution < 1.29 is 9.90 Å². The van der Waals surface area contributed by atoms with Crippen LogP contribution in [0.5, 0.6) is 0 Å². The summed E-state index contributed by atoms with van der Waals surface area (Å²) in [5.41, 5.74) is 0. The van der Waals surface area contributed by atoms with Gasteiger partial charge in [-0.15, -0.1) is 0 Å². The third kappa shape index (κ3) is 1.61. The molecule has 0 aromatic heterocycles. The van der Waals surface area contributed by atoms with Gasteiger partial charge < -0.3 is 10.4 Å². The summed E-state index contributed by atoms with van der Waals surface area (Å²) >= 11 is 0. The van der Waals surface area contributed by atoms with Gasteiger partial charge in [0.2, 0.25) is 0 Å². The van der Waals surface area contributed by atoms with Crippen LogP contribution in [0.1, 0.15) is 20.8 Å². The lowest BCUT2D eigenvalue weighted by Crippen LogP contribution is -2.52. The Bertz CT molecular complexity index is 181. The van der Waals surface area contributed by atoms with Crippen molar-refractivity contribution in [2.45, 2.75) is 26.8 Å². The molecular weight excluding hydrogens is 154 g/mol. The molecule has 70 valence electrons. The molecule has 0 spiro atoms. The van der Waals surface area contributed by atoms with E-state index in [0.29, 0.717) is 11.8 Å². The first-order chi connectivity index (χ1) is 5.54. The largest absolute Gasteiger partial charge is 0.480 e. The Morgan fingerprint density at radius 2 is 1.92 bits per heavy atom. The SMILES string of the molecule is CC1CNC(C(=O)O)C(C)C1C. The van der Waals surface area contributed by atoms with Crippen molar-refractivity contribution in [1.29, 1.82) is 0 Å². The van der Waals surface area contributed by atoms with E-state index in [-0.39, 0.29) is 12.0 Å². The van der Waals surface area contributed by atoms with Crippen LogP contribution in [0, 0.1) is 17.8 Å². The highest BCUT2D eigenvalue weighted by Gasteiger charge is 2.35. The summed E-state index contributed by atoms with van der Waals surface area (Å²) in [6.45, 7) is 7.12. The summed E-state index contributed by atoms with van der Waals surface area (Å²) in [5, 5.41) is 11.9. The quantitative estimate of drug-likeness (QED) is 0.617. The van der Waals surface area contributed by atoms with Gasteiger partial charge in [0.05, 0.1) is 0 Å². The fraction of sp³-hybridized carbons (Fsp3) is 0.889. The fourth-order valence-electron chi connectivity index (χ4n) is 1.82. The molecule has 1 aliphatic heterocycles. The van der Waals surface area contributed by atoms with E-state index in [1.54, 1.807) is 0 Å². The molecule has 0 saturated carbocycles. The van der Waals surface area contributed by atoms with Crippen LogP contribution in [-0.2, 0) is 4.79 Å². The van der Waals surface area contributed by atoms with Crippen molar-refractivity contribution in [1.82, 2.24) is 5.32 Å². The topological polar surface area (TPSA) is 49.3 Å². The smallest absolute Gasteiger partial charge is 0.320 e. The average Bonchev–Trinajstić information content (AvgIpc) is 2.00. The number of hydrogen-bond donors (Lipinski definition) is 2. The summed E-state index contributed by atoms with van der Waals surface area (Å²) in [7, 11) is 0. The second kappa shape index (κ2) is 3.44. The van der Waals surface area contributed by atoms with Crippen molar-refractivity contribution in [3.05, 3.63) is 0 Å². The molecule has 0 amide bonds. The van der Waals surface area contributed by atoms with Crippen molar-refractivity contribution in [2.24, 2.45) is 17.8 Å². The van der Waals surface area contributed by atoms with E-state index < -0.39 is 5.97 Å². The molecule has 3 heteroatoms.